The molecule has 1 aliphatic rings. The van der Waals surface area contributed by atoms with Gasteiger partial charge in [0, 0.05) is 6.42 Å². The number of nitrogens with zero attached hydrogens (tertiary/aromatic N) is 1. The molecule has 0 fully saturated rings. The fourth-order valence-corrected chi connectivity index (χ4v) is 3.27. The third-order valence-electron chi connectivity index (χ3n) is 4.50. The Morgan fingerprint density at radius 1 is 0.962 bits per heavy atom. The quantitative estimate of drug-likeness (QED) is 0.756. The first-order valence-corrected chi connectivity index (χ1v) is 8.46. The first-order valence-electron chi connectivity index (χ1n) is 8.46. The molecule has 1 atom stereocenters. The number of para-hydroxylation sites is 1. The Balaban J connectivity index is 1.63. The maximum Gasteiger partial charge on any atom is 0.206 e. The molecule has 0 spiro atoms. The van der Waals surface area contributed by atoms with Crippen molar-refractivity contribution in [3.8, 4) is 11.5 Å². The van der Waals surface area contributed by atoms with Crippen LogP contribution < -0.4 is 15.0 Å². The third kappa shape index (κ3) is 2.97. The summed E-state index contributed by atoms with van der Waals surface area (Å²) in [5, 5.41) is 2.44. The lowest BCUT2D eigenvalue weighted by molar-refractivity contribution is 0.0355. The van der Waals surface area contributed by atoms with Crippen molar-refractivity contribution in [2.45, 2.75) is 12.6 Å². The predicted octanol–water partition coefficient (Wildman–Crippen LogP) is 4.03. The summed E-state index contributed by atoms with van der Waals surface area (Å²) in [5.74, 6) is 2.08. The van der Waals surface area contributed by atoms with Crippen LogP contribution in [-0.4, -0.2) is 20.1 Å². The zero-order valence-corrected chi connectivity index (χ0v) is 14.7. The highest BCUT2D eigenvalue weighted by Gasteiger charge is 2.25. The van der Waals surface area contributed by atoms with Crippen LogP contribution in [0.4, 0.5) is 0 Å². The summed E-state index contributed by atoms with van der Waals surface area (Å²) >= 11 is 0. The van der Waals surface area contributed by atoms with Gasteiger partial charge in [-0.1, -0.05) is 54.6 Å². The van der Waals surface area contributed by atoms with Crippen molar-refractivity contribution in [1.82, 2.24) is 5.48 Å². The van der Waals surface area contributed by atoms with Gasteiger partial charge >= 0.3 is 0 Å². The number of amidine groups is 1. The number of hydrogen-bond acceptors (Lipinski definition) is 5. The van der Waals surface area contributed by atoms with Crippen LogP contribution in [0.15, 0.2) is 65.7 Å². The van der Waals surface area contributed by atoms with Gasteiger partial charge in [-0.2, -0.15) is 0 Å². The number of rotatable bonds is 5. The van der Waals surface area contributed by atoms with Gasteiger partial charge in [0.2, 0.25) is 6.23 Å². The van der Waals surface area contributed by atoms with Crippen LogP contribution in [0.3, 0.4) is 0 Å². The SMILES string of the molecule is COc1cccc(C2N=C(Cc3cccc4ccccc34)NO2)c1OC. The van der Waals surface area contributed by atoms with E-state index in [-0.39, 0.29) is 0 Å². The van der Waals surface area contributed by atoms with Crippen molar-refractivity contribution in [3.05, 3.63) is 71.8 Å². The van der Waals surface area contributed by atoms with E-state index in [4.69, 9.17) is 19.3 Å². The van der Waals surface area contributed by atoms with Crippen molar-refractivity contribution in [3.63, 3.8) is 0 Å². The lowest BCUT2D eigenvalue weighted by Gasteiger charge is -2.14. The number of nitrogens with one attached hydrogen (secondary N) is 1. The van der Waals surface area contributed by atoms with Crippen LogP contribution >= 0.6 is 0 Å². The van der Waals surface area contributed by atoms with Crippen LogP contribution in [0.2, 0.25) is 0 Å². The summed E-state index contributed by atoms with van der Waals surface area (Å²) < 4.78 is 10.8. The van der Waals surface area contributed by atoms with Gasteiger partial charge < -0.3 is 9.47 Å². The molecule has 0 saturated carbocycles. The van der Waals surface area contributed by atoms with Crippen molar-refractivity contribution in [2.24, 2.45) is 4.99 Å². The Labute approximate surface area is 152 Å². The van der Waals surface area contributed by atoms with Crippen LogP contribution in [0.25, 0.3) is 10.8 Å². The molecular weight excluding hydrogens is 328 g/mol. The molecule has 1 heterocycles. The second-order valence-electron chi connectivity index (χ2n) is 6.05. The van der Waals surface area contributed by atoms with E-state index < -0.39 is 6.23 Å². The fourth-order valence-electron chi connectivity index (χ4n) is 3.27. The Bertz CT molecular complexity index is 963. The molecule has 0 aliphatic carbocycles. The largest absolute Gasteiger partial charge is 0.493 e. The molecule has 1 N–H and O–H groups in total. The highest BCUT2D eigenvalue weighted by Crippen LogP contribution is 2.37. The van der Waals surface area contributed by atoms with Gasteiger partial charge in [-0.15, -0.1) is 0 Å². The number of hydroxylamine groups is 1. The standard InChI is InChI=1S/C21H20N2O3/c1-24-18-12-6-11-17(20(18)25-2)21-22-19(23-26-21)13-15-9-5-8-14-7-3-4-10-16(14)15/h3-12,21H,13H2,1-2H3,(H,22,23). The number of hydrogen-bond donors (Lipinski definition) is 1. The summed E-state index contributed by atoms with van der Waals surface area (Å²) in [6.45, 7) is 0. The molecule has 0 saturated heterocycles. The first kappa shape index (κ1) is 16.4. The van der Waals surface area contributed by atoms with E-state index in [1.54, 1.807) is 14.2 Å². The van der Waals surface area contributed by atoms with E-state index in [1.165, 1.54) is 16.3 Å². The monoisotopic (exact) mass is 348 g/mol. The fraction of sp³-hybridized carbons (Fsp3) is 0.190. The van der Waals surface area contributed by atoms with Gasteiger partial charge in [0.05, 0.1) is 19.8 Å². The van der Waals surface area contributed by atoms with Gasteiger partial charge in [-0.25, -0.2) is 9.83 Å². The molecule has 3 aromatic rings. The maximum absolute atomic E-state index is 5.69. The van der Waals surface area contributed by atoms with E-state index in [1.807, 2.05) is 24.3 Å². The molecule has 5 nitrogen and oxygen atoms in total. The smallest absolute Gasteiger partial charge is 0.206 e. The summed E-state index contributed by atoms with van der Waals surface area (Å²) in [7, 11) is 3.23. The Morgan fingerprint density at radius 2 is 1.77 bits per heavy atom. The lowest BCUT2D eigenvalue weighted by Crippen LogP contribution is -2.19. The van der Waals surface area contributed by atoms with Crippen molar-refractivity contribution < 1.29 is 14.3 Å². The van der Waals surface area contributed by atoms with E-state index in [0.29, 0.717) is 17.9 Å². The van der Waals surface area contributed by atoms with E-state index >= 15 is 0 Å². The molecule has 0 bridgehead atoms. The van der Waals surface area contributed by atoms with E-state index in [9.17, 15) is 0 Å². The van der Waals surface area contributed by atoms with E-state index in [2.05, 4.69) is 41.9 Å². The summed E-state index contributed by atoms with van der Waals surface area (Å²) in [6, 6.07) is 20.3. The second-order valence-corrected chi connectivity index (χ2v) is 6.05. The van der Waals surface area contributed by atoms with Crippen LogP contribution in [-0.2, 0) is 11.3 Å². The predicted molar refractivity (Wildman–Crippen MR) is 102 cm³/mol. The van der Waals surface area contributed by atoms with Gasteiger partial charge in [-0.3, -0.25) is 5.48 Å². The topological polar surface area (TPSA) is 52.1 Å². The highest BCUT2D eigenvalue weighted by atomic mass is 16.7. The van der Waals surface area contributed by atoms with Crippen LogP contribution in [0.1, 0.15) is 17.4 Å². The maximum atomic E-state index is 5.69. The average Bonchev–Trinajstić information content (AvgIpc) is 3.16. The van der Waals surface area contributed by atoms with Crippen LogP contribution in [0.5, 0.6) is 11.5 Å². The molecule has 0 aromatic heterocycles. The number of aliphatic imine (C=N–C) groups is 1. The summed E-state index contributed by atoms with van der Waals surface area (Å²) in [4.78, 5) is 10.4. The number of methoxy groups -OCH3 is 2. The molecule has 132 valence electrons. The van der Waals surface area contributed by atoms with Gasteiger partial charge in [0.1, 0.15) is 5.84 Å². The first-order chi connectivity index (χ1) is 12.8. The molecule has 0 radical (unpaired) electrons. The van der Waals surface area contributed by atoms with E-state index in [0.717, 1.165) is 11.4 Å². The Kier molecular flexibility index (Phi) is 4.46. The minimum Gasteiger partial charge on any atom is -0.493 e. The van der Waals surface area contributed by atoms with Crippen molar-refractivity contribution >= 4 is 16.6 Å². The molecule has 26 heavy (non-hydrogen) atoms. The Hall–Kier alpha value is -3.05. The zero-order valence-electron chi connectivity index (χ0n) is 14.7. The second kappa shape index (κ2) is 7.06. The van der Waals surface area contributed by atoms with Gasteiger partial charge in [0.15, 0.2) is 11.5 Å². The molecule has 4 rings (SSSR count). The molecule has 5 heteroatoms. The van der Waals surface area contributed by atoms with Crippen LogP contribution in [0, 0.1) is 0 Å². The molecule has 1 unspecified atom stereocenters. The highest BCUT2D eigenvalue weighted by molar-refractivity contribution is 5.92. The summed E-state index contributed by atoms with van der Waals surface area (Å²) in [5.41, 5.74) is 4.99. The molecule has 3 aromatic carbocycles. The molecule has 1 aliphatic heterocycles. The lowest BCUT2D eigenvalue weighted by atomic mass is 10.0. The number of benzene rings is 3. The minimum absolute atomic E-state index is 0.468. The number of fused-ring (bicyclic) bond motifs is 1. The summed E-state index contributed by atoms with van der Waals surface area (Å²) in [6.07, 6.45) is 0.203. The van der Waals surface area contributed by atoms with Gasteiger partial charge in [0.25, 0.3) is 0 Å². The van der Waals surface area contributed by atoms with Gasteiger partial charge in [-0.05, 0) is 22.4 Å². The number of ether oxygens (including phenoxy) is 2. The zero-order chi connectivity index (χ0) is 17.9. The molecular formula is C21H20N2O3. The normalized spacial score (nSPS) is 16.2. The van der Waals surface area contributed by atoms with Crippen molar-refractivity contribution in [1.29, 1.82) is 0 Å². The Morgan fingerprint density at radius 3 is 2.62 bits per heavy atom. The third-order valence-corrected chi connectivity index (χ3v) is 4.50. The van der Waals surface area contributed by atoms with Crippen molar-refractivity contribution in [2.75, 3.05) is 14.2 Å². The molecule has 0 amide bonds. The minimum atomic E-state index is -0.468. The average molecular weight is 348 g/mol.